The first-order chi connectivity index (χ1) is 3.79. The predicted molar refractivity (Wildman–Crippen MR) is 29.4 cm³/mol. The molecule has 2 N–H and O–H groups in total. The summed E-state index contributed by atoms with van der Waals surface area (Å²) >= 11 is 0. The van der Waals surface area contributed by atoms with Gasteiger partial charge in [-0.25, -0.2) is 0 Å². The lowest BCUT2D eigenvalue weighted by atomic mass is 10.3. The number of hydrogen-bond donors (Lipinski definition) is 2. The molecule has 0 aromatic carbocycles. The van der Waals surface area contributed by atoms with Gasteiger partial charge < -0.3 is 15.2 Å². The molecule has 1 saturated heterocycles. The maximum Gasteiger partial charge on any atom is 0.167 e. The Labute approximate surface area is 48.7 Å². The SMILES string of the molecule is CC1COC(O)CN1. The molecule has 1 heterocycles. The minimum atomic E-state index is -0.591. The molecule has 1 aliphatic rings. The van der Waals surface area contributed by atoms with E-state index in [1.54, 1.807) is 0 Å². The van der Waals surface area contributed by atoms with Crippen LogP contribution in [0.5, 0.6) is 0 Å². The van der Waals surface area contributed by atoms with Gasteiger partial charge in [-0.1, -0.05) is 0 Å². The number of rotatable bonds is 0. The molecule has 3 nitrogen and oxygen atoms in total. The molecule has 8 heavy (non-hydrogen) atoms. The van der Waals surface area contributed by atoms with Crippen LogP contribution in [0.4, 0.5) is 0 Å². The zero-order chi connectivity index (χ0) is 5.98. The van der Waals surface area contributed by atoms with Crippen LogP contribution in [0.2, 0.25) is 0 Å². The fraction of sp³-hybridized carbons (Fsp3) is 1.00. The summed E-state index contributed by atoms with van der Waals surface area (Å²) in [5, 5.41) is 11.8. The normalized spacial score (nSPS) is 39.8. The molecule has 0 aromatic rings. The summed E-state index contributed by atoms with van der Waals surface area (Å²) in [4.78, 5) is 0. The monoisotopic (exact) mass is 117 g/mol. The molecule has 0 aromatic heterocycles. The molecule has 0 saturated carbocycles. The quantitative estimate of drug-likeness (QED) is 0.441. The van der Waals surface area contributed by atoms with Crippen molar-refractivity contribution in [1.82, 2.24) is 5.32 Å². The Morgan fingerprint density at radius 3 is 2.88 bits per heavy atom. The second-order valence-corrected chi connectivity index (χ2v) is 2.10. The fourth-order valence-corrected chi connectivity index (χ4v) is 0.675. The molecule has 2 unspecified atom stereocenters. The Balaban J connectivity index is 2.19. The molecule has 0 aliphatic carbocycles. The Kier molecular flexibility index (Phi) is 1.83. The van der Waals surface area contributed by atoms with E-state index in [0.717, 1.165) is 0 Å². The van der Waals surface area contributed by atoms with Crippen LogP contribution < -0.4 is 5.32 Å². The second-order valence-electron chi connectivity index (χ2n) is 2.10. The first kappa shape index (κ1) is 6.01. The van der Waals surface area contributed by atoms with Crippen LogP contribution in [0.25, 0.3) is 0 Å². The van der Waals surface area contributed by atoms with Crippen molar-refractivity contribution >= 4 is 0 Å². The number of β-amino-alcohol motifs (C(OH)–C–C–N with tert-alkyl or cyclic N) is 1. The standard InChI is InChI=1S/C5H11NO2/c1-4-3-8-5(7)2-6-4/h4-7H,2-3H2,1H3. The van der Waals surface area contributed by atoms with Crippen LogP contribution >= 0.6 is 0 Å². The maximum absolute atomic E-state index is 8.74. The lowest BCUT2D eigenvalue weighted by Crippen LogP contribution is -2.44. The second kappa shape index (κ2) is 2.44. The van der Waals surface area contributed by atoms with Crippen LogP contribution in [-0.2, 0) is 4.74 Å². The predicted octanol–water partition coefficient (Wildman–Crippen LogP) is -0.687. The highest BCUT2D eigenvalue weighted by Gasteiger charge is 2.13. The van der Waals surface area contributed by atoms with E-state index in [1.165, 1.54) is 0 Å². The largest absolute Gasteiger partial charge is 0.367 e. The summed E-state index contributed by atoms with van der Waals surface area (Å²) < 4.78 is 4.88. The third kappa shape index (κ3) is 1.43. The molecule has 48 valence electrons. The maximum atomic E-state index is 8.74. The van der Waals surface area contributed by atoms with Crippen molar-refractivity contribution in [2.45, 2.75) is 19.3 Å². The van der Waals surface area contributed by atoms with Crippen molar-refractivity contribution in [3.05, 3.63) is 0 Å². The van der Waals surface area contributed by atoms with Gasteiger partial charge in [0.15, 0.2) is 6.29 Å². The van der Waals surface area contributed by atoms with Crippen LogP contribution in [-0.4, -0.2) is 30.6 Å². The smallest absolute Gasteiger partial charge is 0.167 e. The first-order valence-electron chi connectivity index (χ1n) is 2.82. The van der Waals surface area contributed by atoms with Crippen molar-refractivity contribution in [3.63, 3.8) is 0 Å². The van der Waals surface area contributed by atoms with Gasteiger partial charge in [-0.3, -0.25) is 0 Å². The molecule has 0 radical (unpaired) electrons. The summed E-state index contributed by atoms with van der Waals surface area (Å²) in [5.41, 5.74) is 0. The van der Waals surface area contributed by atoms with Gasteiger partial charge in [-0.2, -0.15) is 0 Å². The van der Waals surface area contributed by atoms with E-state index in [9.17, 15) is 0 Å². The molecular formula is C5H11NO2. The minimum absolute atomic E-state index is 0.387. The molecular weight excluding hydrogens is 106 g/mol. The number of ether oxygens (including phenoxy) is 1. The molecule has 0 bridgehead atoms. The van der Waals surface area contributed by atoms with Crippen molar-refractivity contribution in [2.24, 2.45) is 0 Å². The van der Waals surface area contributed by atoms with Gasteiger partial charge in [0.1, 0.15) is 0 Å². The summed E-state index contributed by atoms with van der Waals surface area (Å²) in [6, 6.07) is 0.387. The molecule has 1 aliphatic heterocycles. The zero-order valence-electron chi connectivity index (χ0n) is 4.92. The van der Waals surface area contributed by atoms with Gasteiger partial charge in [-0.05, 0) is 6.92 Å². The van der Waals surface area contributed by atoms with Gasteiger partial charge in [0.05, 0.1) is 6.61 Å². The average Bonchev–Trinajstić information content (AvgIpc) is 1.77. The first-order valence-corrected chi connectivity index (χ1v) is 2.82. The molecule has 0 amide bonds. The molecule has 2 atom stereocenters. The topological polar surface area (TPSA) is 41.5 Å². The van der Waals surface area contributed by atoms with Crippen molar-refractivity contribution in [3.8, 4) is 0 Å². The van der Waals surface area contributed by atoms with E-state index in [1.807, 2.05) is 6.92 Å². The molecule has 1 fully saturated rings. The van der Waals surface area contributed by atoms with Crippen LogP contribution in [0, 0.1) is 0 Å². The van der Waals surface area contributed by atoms with Crippen LogP contribution in [0.1, 0.15) is 6.92 Å². The zero-order valence-corrected chi connectivity index (χ0v) is 4.92. The molecule has 3 heteroatoms. The van der Waals surface area contributed by atoms with Crippen molar-refractivity contribution in [1.29, 1.82) is 0 Å². The lowest BCUT2D eigenvalue weighted by molar-refractivity contribution is -0.123. The number of aliphatic hydroxyl groups excluding tert-OH is 1. The van der Waals surface area contributed by atoms with Gasteiger partial charge >= 0.3 is 0 Å². The Morgan fingerprint density at radius 1 is 1.75 bits per heavy atom. The average molecular weight is 117 g/mol. The van der Waals surface area contributed by atoms with E-state index in [4.69, 9.17) is 9.84 Å². The van der Waals surface area contributed by atoms with E-state index >= 15 is 0 Å². The van der Waals surface area contributed by atoms with E-state index in [2.05, 4.69) is 5.32 Å². The van der Waals surface area contributed by atoms with Crippen LogP contribution in [0.15, 0.2) is 0 Å². The number of hydrogen-bond acceptors (Lipinski definition) is 3. The summed E-state index contributed by atoms with van der Waals surface area (Å²) in [5.74, 6) is 0. The highest BCUT2D eigenvalue weighted by Crippen LogP contribution is 1.95. The fourth-order valence-electron chi connectivity index (χ4n) is 0.675. The van der Waals surface area contributed by atoms with E-state index in [0.29, 0.717) is 19.2 Å². The molecule has 1 rings (SSSR count). The summed E-state index contributed by atoms with van der Waals surface area (Å²) in [6.45, 7) is 3.19. The Morgan fingerprint density at radius 2 is 2.50 bits per heavy atom. The number of nitrogens with one attached hydrogen (secondary N) is 1. The third-order valence-corrected chi connectivity index (χ3v) is 1.18. The highest BCUT2D eigenvalue weighted by molar-refractivity contribution is 4.65. The third-order valence-electron chi connectivity index (χ3n) is 1.18. The van der Waals surface area contributed by atoms with E-state index in [-0.39, 0.29) is 0 Å². The van der Waals surface area contributed by atoms with Crippen LogP contribution in [0.3, 0.4) is 0 Å². The number of morpholine rings is 1. The van der Waals surface area contributed by atoms with Crippen molar-refractivity contribution < 1.29 is 9.84 Å². The highest BCUT2D eigenvalue weighted by atomic mass is 16.6. The lowest BCUT2D eigenvalue weighted by Gasteiger charge is -2.24. The van der Waals surface area contributed by atoms with Gasteiger partial charge in [-0.15, -0.1) is 0 Å². The summed E-state index contributed by atoms with van der Waals surface area (Å²) in [6.07, 6.45) is -0.591. The number of aliphatic hydroxyl groups is 1. The van der Waals surface area contributed by atoms with Crippen molar-refractivity contribution in [2.75, 3.05) is 13.2 Å². The molecule has 0 spiro atoms. The Hall–Kier alpha value is -0.120. The van der Waals surface area contributed by atoms with Gasteiger partial charge in [0.25, 0.3) is 0 Å². The Bertz CT molecular complexity index is 58.8. The van der Waals surface area contributed by atoms with E-state index < -0.39 is 6.29 Å². The summed E-state index contributed by atoms with van der Waals surface area (Å²) in [7, 11) is 0. The van der Waals surface area contributed by atoms with Gasteiger partial charge in [0, 0.05) is 12.6 Å². The van der Waals surface area contributed by atoms with Gasteiger partial charge in [0.2, 0.25) is 0 Å². The minimum Gasteiger partial charge on any atom is -0.367 e.